The molecule has 2 saturated heterocycles. The van der Waals surface area contributed by atoms with E-state index in [1.165, 1.54) is 6.42 Å². The second-order valence-corrected chi connectivity index (χ2v) is 7.19. The minimum absolute atomic E-state index is 0.118. The lowest BCUT2D eigenvalue weighted by Gasteiger charge is -2.35. The standard InChI is InChI=1S/C20H29N3O2/c1-17-6-5-7-18(16-17)20(25)23-14-12-21(13-15-23)11-8-19(24)22-9-3-2-4-10-22/h5-7,16H,2-4,8-15H2,1H3. The molecule has 1 aromatic rings. The van der Waals surface area contributed by atoms with Gasteiger partial charge in [0, 0.05) is 57.8 Å². The molecule has 2 fully saturated rings. The molecule has 0 aliphatic carbocycles. The topological polar surface area (TPSA) is 43.9 Å². The van der Waals surface area contributed by atoms with Crippen molar-refractivity contribution >= 4 is 11.8 Å². The first-order valence-corrected chi connectivity index (χ1v) is 9.49. The fourth-order valence-corrected chi connectivity index (χ4v) is 3.69. The highest BCUT2D eigenvalue weighted by Gasteiger charge is 2.23. The van der Waals surface area contributed by atoms with E-state index >= 15 is 0 Å². The monoisotopic (exact) mass is 343 g/mol. The van der Waals surface area contributed by atoms with Crippen LogP contribution in [0.5, 0.6) is 0 Å². The summed E-state index contributed by atoms with van der Waals surface area (Å²) < 4.78 is 0. The van der Waals surface area contributed by atoms with E-state index in [1.54, 1.807) is 0 Å². The van der Waals surface area contributed by atoms with Gasteiger partial charge in [-0.2, -0.15) is 0 Å². The van der Waals surface area contributed by atoms with Gasteiger partial charge in [-0.25, -0.2) is 0 Å². The number of hydrogen-bond acceptors (Lipinski definition) is 3. The number of piperazine rings is 1. The Labute approximate surface area is 150 Å². The highest BCUT2D eigenvalue weighted by molar-refractivity contribution is 5.94. The van der Waals surface area contributed by atoms with Crippen molar-refractivity contribution < 1.29 is 9.59 Å². The average Bonchev–Trinajstić information content (AvgIpc) is 2.66. The summed E-state index contributed by atoms with van der Waals surface area (Å²) in [6.07, 6.45) is 4.14. The van der Waals surface area contributed by atoms with Crippen LogP contribution >= 0.6 is 0 Å². The number of carbonyl (C=O) groups excluding carboxylic acids is 2. The van der Waals surface area contributed by atoms with Crippen molar-refractivity contribution in [3.8, 4) is 0 Å². The molecule has 0 saturated carbocycles. The second kappa shape index (κ2) is 8.48. The summed E-state index contributed by atoms with van der Waals surface area (Å²) >= 11 is 0. The van der Waals surface area contributed by atoms with Crippen LogP contribution in [0.4, 0.5) is 0 Å². The Morgan fingerprint density at radius 3 is 2.32 bits per heavy atom. The molecular formula is C20H29N3O2. The number of hydrogen-bond donors (Lipinski definition) is 0. The van der Waals surface area contributed by atoms with E-state index in [-0.39, 0.29) is 11.8 Å². The third kappa shape index (κ3) is 4.82. The number of carbonyl (C=O) groups is 2. The Morgan fingerprint density at radius 1 is 0.920 bits per heavy atom. The van der Waals surface area contributed by atoms with E-state index in [9.17, 15) is 9.59 Å². The number of piperidine rings is 1. The van der Waals surface area contributed by atoms with Gasteiger partial charge in [-0.3, -0.25) is 14.5 Å². The highest BCUT2D eigenvalue weighted by atomic mass is 16.2. The molecule has 2 aliphatic rings. The molecule has 5 nitrogen and oxygen atoms in total. The Morgan fingerprint density at radius 2 is 1.64 bits per heavy atom. The van der Waals surface area contributed by atoms with Crippen molar-refractivity contribution in [2.45, 2.75) is 32.6 Å². The van der Waals surface area contributed by atoms with E-state index < -0.39 is 0 Å². The molecule has 0 aromatic heterocycles. The molecule has 3 rings (SSSR count). The SMILES string of the molecule is Cc1cccc(C(=O)N2CCN(CCC(=O)N3CCCCC3)CC2)c1. The largest absolute Gasteiger partial charge is 0.343 e. The van der Waals surface area contributed by atoms with Crippen LogP contribution in [0.3, 0.4) is 0 Å². The molecule has 2 heterocycles. The zero-order chi connectivity index (χ0) is 17.6. The number of amides is 2. The zero-order valence-corrected chi connectivity index (χ0v) is 15.2. The van der Waals surface area contributed by atoms with Gasteiger partial charge in [0.1, 0.15) is 0 Å². The lowest BCUT2D eigenvalue weighted by Crippen LogP contribution is -2.49. The average molecular weight is 343 g/mol. The molecule has 1 aromatic carbocycles. The van der Waals surface area contributed by atoms with Crippen LogP contribution < -0.4 is 0 Å². The van der Waals surface area contributed by atoms with Gasteiger partial charge in [-0.15, -0.1) is 0 Å². The zero-order valence-electron chi connectivity index (χ0n) is 15.2. The van der Waals surface area contributed by atoms with E-state index in [0.717, 1.165) is 69.8 Å². The van der Waals surface area contributed by atoms with Gasteiger partial charge in [0.15, 0.2) is 0 Å². The molecule has 0 bridgehead atoms. The third-order valence-corrected chi connectivity index (χ3v) is 5.28. The normalized spacial score (nSPS) is 19.1. The van der Waals surface area contributed by atoms with Gasteiger partial charge in [0.2, 0.25) is 5.91 Å². The molecule has 0 N–H and O–H groups in total. The van der Waals surface area contributed by atoms with Crippen LogP contribution in [0.1, 0.15) is 41.6 Å². The van der Waals surface area contributed by atoms with Gasteiger partial charge < -0.3 is 9.80 Å². The molecule has 2 amide bonds. The van der Waals surface area contributed by atoms with Crippen molar-refractivity contribution in [1.82, 2.24) is 14.7 Å². The first-order chi connectivity index (χ1) is 12.1. The van der Waals surface area contributed by atoms with E-state index in [1.807, 2.05) is 41.0 Å². The van der Waals surface area contributed by atoms with E-state index in [4.69, 9.17) is 0 Å². The van der Waals surface area contributed by atoms with Gasteiger partial charge in [0.05, 0.1) is 0 Å². The Hall–Kier alpha value is -1.88. The molecular weight excluding hydrogens is 314 g/mol. The maximum Gasteiger partial charge on any atom is 0.253 e. The van der Waals surface area contributed by atoms with Crippen LogP contribution in [0.25, 0.3) is 0 Å². The molecule has 2 aliphatic heterocycles. The molecule has 0 radical (unpaired) electrons. The highest BCUT2D eigenvalue weighted by Crippen LogP contribution is 2.13. The fraction of sp³-hybridized carbons (Fsp3) is 0.600. The van der Waals surface area contributed by atoms with Crippen LogP contribution in [-0.2, 0) is 4.79 Å². The Balaban J connectivity index is 1.42. The minimum atomic E-state index is 0.118. The predicted molar refractivity (Wildman–Crippen MR) is 98.6 cm³/mol. The maximum atomic E-state index is 12.6. The molecule has 5 heteroatoms. The van der Waals surface area contributed by atoms with E-state index in [2.05, 4.69) is 4.90 Å². The number of nitrogens with zero attached hydrogens (tertiary/aromatic N) is 3. The summed E-state index contributed by atoms with van der Waals surface area (Å²) in [4.78, 5) is 31.1. The number of benzene rings is 1. The summed E-state index contributed by atoms with van der Waals surface area (Å²) in [5.74, 6) is 0.408. The van der Waals surface area contributed by atoms with Crippen molar-refractivity contribution in [1.29, 1.82) is 0 Å². The molecule has 0 atom stereocenters. The third-order valence-electron chi connectivity index (χ3n) is 5.28. The molecule has 0 spiro atoms. The van der Waals surface area contributed by atoms with Gasteiger partial charge in [-0.05, 0) is 38.3 Å². The predicted octanol–water partition coefficient (Wildman–Crippen LogP) is 2.16. The van der Waals surface area contributed by atoms with Crippen molar-refractivity contribution in [2.24, 2.45) is 0 Å². The lowest BCUT2D eigenvalue weighted by molar-refractivity contribution is -0.132. The summed E-state index contributed by atoms with van der Waals surface area (Å²) in [5, 5.41) is 0. The summed E-state index contributed by atoms with van der Waals surface area (Å²) in [6.45, 7) is 7.86. The summed E-state index contributed by atoms with van der Waals surface area (Å²) in [5.41, 5.74) is 1.88. The number of likely N-dealkylation sites (tertiary alicyclic amines) is 1. The van der Waals surface area contributed by atoms with Gasteiger partial charge >= 0.3 is 0 Å². The molecule has 25 heavy (non-hydrogen) atoms. The summed E-state index contributed by atoms with van der Waals surface area (Å²) in [7, 11) is 0. The fourth-order valence-electron chi connectivity index (χ4n) is 3.69. The first kappa shape index (κ1) is 17.9. The number of rotatable bonds is 4. The second-order valence-electron chi connectivity index (χ2n) is 7.19. The Bertz CT molecular complexity index is 603. The van der Waals surface area contributed by atoms with Gasteiger partial charge in [-0.1, -0.05) is 17.7 Å². The van der Waals surface area contributed by atoms with E-state index in [0.29, 0.717) is 6.42 Å². The van der Waals surface area contributed by atoms with Crippen LogP contribution in [0.2, 0.25) is 0 Å². The minimum Gasteiger partial charge on any atom is -0.343 e. The summed E-state index contributed by atoms with van der Waals surface area (Å²) in [6, 6.07) is 7.78. The van der Waals surface area contributed by atoms with Gasteiger partial charge in [0.25, 0.3) is 5.91 Å². The quantitative estimate of drug-likeness (QED) is 0.841. The van der Waals surface area contributed by atoms with Crippen LogP contribution in [0, 0.1) is 6.92 Å². The van der Waals surface area contributed by atoms with Crippen LogP contribution in [0.15, 0.2) is 24.3 Å². The Kier molecular flexibility index (Phi) is 6.08. The van der Waals surface area contributed by atoms with Crippen molar-refractivity contribution in [2.75, 3.05) is 45.8 Å². The smallest absolute Gasteiger partial charge is 0.253 e. The lowest BCUT2D eigenvalue weighted by atomic mass is 10.1. The number of aryl methyl sites for hydroxylation is 1. The molecule has 136 valence electrons. The van der Waals surface area contributed by atoms with Crippen LogP contribution in [-0.4, -0.2) is 72.3 Å². The first-order valence-electron chi connectivity index (χ1n) is 9.49. The van der Waals surface area contributed by atoms with Crippen molar-refractivity contribution in [3.63, 3.8) is 0 Å². The maximum absolute atomic E-state index is 12.6. The van der Waals surface area contributed by atoms with Crippen molar-refractivity contribution in [3.05, 3.63) is 35.4 Å². The molecule has 0 unspecified atom stereocenters.